The van der Waals surface area contributed by atoms with E-state index in [1.807, 2.05) is 6.07 Å². The minimum absolute atomic E-state index is 0.481. The first-order valence-electron chi connectivity index (χ1n) is 4.15. The number of fused-ring (bicyclic) bond motifs is 1. The van der Waals surface area contributed by atoms with E-state index in [0.29, 0.717) is 11.5 Å². The van der Waals surface area contributed by atoms with Crippen molar-refractivity contribution in [3.63, 3.8) is 0 Å². The third kappa shape index (κ3) is 0.706. The van der Waals surface area contributed by atoms with Crippen LogP contribution >= 0.6 is 0 Å². The molecule has 4 heteroatoms. The van der Waals surface area contributed by atoms with Gasteiger partial charge in [-0.05, 0) is 12.1 Å². The Morgan fingerprint density at radius 3 is 3.00 bits per heavy atom. The second-order valence-electron chi connectivity index (χ2n) is 3.18. The molecule has 0 spiro atoms. The van der Waals surface area contributed by atoms with Crippen LogP contribution in [0.4, 0.5) is 0 Å². The highest BCUT2D eigenvalue weighted by atomic mass is 16.8. The molecule has 1 atom stereocenters. The van der Waals surface area contributed by atoms with Gasteiger partial charge in [0.1, 0.15) is 0 Å². The fourth-order valence-electron chi connectivity index (χ4n) is 1.62. The molecule has 0 saturated heterocycles. The molecule has 0 fully saturated rings. The normalized spacial score (nSPS) is 25.4. The molecular weight excluding hydrogens is 184 g/mol. The Labute approximate surface area is 79.4 Å². The Balaban J connectivity index is 2.24. The van der Waals surface area contributed by atoms with E-state index in [2.05, 4.69) is 0 Å². The molecule has 1 unspecified atom stereocenters. The van der Waals surface area contributed by atoms with Crippen LogP contribution in [0.2, 0.25) is 0 Å². The molecule has 4 nitrogen and oxygen atoms in total. The maximum Gasteiger partial charge on any atom is 0.395 e. The quantitative estimate of drug-likeness (QED) is 0.724. The standard InChI is InChI=1S/C10H6O4/c11-9(12)10-5-4-6-2-1-3-7(13-10)8(6)14-10/h1-5H,(H,11,12). The summed E-state index contributed by atoms with van der Waals surface area (Å²) in [7, 11) is 0. The first-order valence-corrected chi connectivity index (χ1v) is 4.15. The highest BCUT2D eigenvalue weighted by Gasteiger charge is 2.49. The van der Waals surface area contributed by atoms with Gasteiger partial charge < -0.3 is 14.6 Å². The largest absolute Gasteiger partial charge is 0.475 e. The van der Waals surface area contributed by atoms with Gasteiger partial charge in [-0.2, -0.15) is 0 Å². The lowest BCUT2D eigenvalue weighted by Gasteiger charge is -2.20. The number of carboxylic acid groups (broad SMARTS) is 1. The predicted molar refractivity (Wildman–Crippen MR) is 47.1 cm³/mol. The third-order valence-electron chi connectivity index (χ3n) is 2.31. The molecule has 70 valence electrons. The first-order chi connectivity index (χ1) is 6.71. The third-order valence-corrected chi connectivity index (χ3v) is 2.31. The summed E-state index contributed by atoms with van der Waals surface area (Å²) in [5.41, 5.74) is 0.844. The molecule has 1 aromatic rings. The highest BCUT2D eigenvalue weighted by Crippen LogP contribution is 2.46. The van der Waals surface area contributed by atoms with Gasteiger partial charge >= 0.3 is 11.8 Å². The van der Waals surface area contributed by atoms with Gasteiger partial charge in [0.05, 0.1) is 0 Å². The number of para-hydroxylation sites is 1. The Morgan fingerprint density at radius 2 is 2.21 bits per heavy atom. The summed E-state index contributed by atoms with van der Waals surface area (Å²) in [5.74, 6) is -1.79. The van der Waals surface area contributed by atoms with E-state index in [1.165, 1.54) is 6.08 Å². The summed E-state index contributed by atoms with van der Waals surface area (Å²) in [4.78, 5) is 11.0. The van der Waals surface area contributed by atoms with E-state index in [4.69, 9.17) is 14.6 Å². The van der Waals surface area contributed by atoms with E-state index in [1.54, 1.807) is 18.2 Å². The molecule has 0 amide bonds. The van der Waals surface area contributed by atoms with Gasteiger partial charge in [-0.25, -0.2) is 4.79 Å². The SMILES string of the molecule is O=C(O)C12C=Cc3cccc(c3O1)O2. The van der Waals surface area contributed by atoms with Crippen molar-refractivity contribution in [3.05, 3.63) is 29.8 Å². The predicted octanol–water partition coefficient (Wildman–Crippen LogP) is 1.27. The fourth-order valence-corrected chi connectivity index (χ4v) is 1.62. The molecule has 0 radical (unpaired) electrons. The molecule has 2 aliphatic rings. The van der Waals surface area contributed by atoms with Gasteiger partial charge in [-0.3, -0.25) is 0 Å². The maximum atomic E-state index is 11.0. The summed E-state index contributed by atoms with van der Waals surface area (Å²) < 4.78 is 10.5. The Bertz CT molecular complexity index is 459. The topological polar surface area (TPSA) is 55.8 Å². The molecule has 2 heterocycles. The lowest BCUT2D eigenvalue weighted by Crippen LogP contribution is -2.45. The number of aliphatic carboxylic acids is 1. The van der Waals surface area contributed by atoms with E-state index >= 15 is 0 Å². The van der Waals surface area contributed by atoms with Crippen LogP contribution in [0.15, 0.2) is 24.3 Å². The van der Waals surface area contributed by atoms with Crippen LogP contribution in [0, 0.1) is 0 Å². The van der Waals surface area contributed by atoms with Gasteiger partial charge in [0, 0.05) is 11.6 Å². The van der Waals surface area contributed by atoms with Crippen molar-refractivity contribution in [1.82, 2.24) is 0 Å². The van der Waals surface area contributed by atoms with Crippen molar-refractivity contribution in [1.29, 1.82) is 0 Å². The van der Waals surface area contributed by atoms with Crippen LogP contribution in [-0.2, 0) is 4.79 Å². The lowest BCUT2D eigenvalue weighted by molar-refractivity contribution is -0.167. The van der Waals surface area contributed by atoms with Gasteiger partial charge in [0.15, 0.2) is 11.5 Å². The summed E-state index contributed by atoms with van der Waals surface area (Å²) in [6.07, 6.45) is 3.11. The number of rotatable bonds is 1. The molecule has 1 N–H and O–H groups in total. The fraction of sp³-hybridized carbons (Fsp3) is 0.100. The zero-order valence-electron chi connectivity index (χ0n) is 7.06. The number of ether oxygens (including phenoxy) is 2. The van der Waals surface area contributed by atoms with Gasteiger partial charge in [-0.15, -0.1) is 0 Å². The Kier molecular flexibility index (Phi) is 1.11. The molecule has 0 aromatic heterocycles. The van der Waals surface area contributed by atoms with Gasteiger partial charge in [-0.1, -0.05) is 12.1 Å². The smallest absolute Gasteiger partial charge is 0.395 e. The van der Waals surface area contributed by atoms with Crippen molar-refractivity contribution in [3.8, 4) is 11.5 Å². The van der Waals surface area contributed by atoms with Crippen molar-refractivity contribution in [2.75, 3.05) is 0 Å². The number of benzene rings is 1. The summed E-state index contributed by atoms with van der Waals surface area (Å²) in [5, 5.41) is 8.96. The van der Waals surface area contributed by atoms with Crippen molar-refractivity contribution in [2.24, 2.45) is 0 Å². The average molecular weight is 190 g/mol. The van der Waals surface area contributed by atoms with Crippen LogP contribution in [0.3, 0.4) is 0 Å². The summed E-state index contributed by atoms with van der Waals surface area (Å²) >= 11 is 0. The first kappa shape index (κ1) is 7.44. The molecule has 1 aromatic carbocycles. The van der Waals surface area contributed by atoms with Crippen LogP contribution in [0.25, 0.3) is 6.08 Å². The monoisotopic (exact) mass is 190 g/mol. The number of carbonyl (C=O) groups is 1. The second-order valence-corrected chi connectivity index (χ2v) is 3.18. The van der Waals surface area contributed by atoms with Gasteiger partial charge in [0.2, 0.25) is 0 Å². The maximum absolute atomic E-state index is 11.0. The number of carboxylic acids is 1. The zero-order chi connectivity index (χ0) is 9.76. The van der Waals surface area contributed by atoms with Crippen molar-refractivity contribution < 1.29 is 19.4 Å². The zero-order valence-corrected chi connectivity index (χ0v) is 7.06. The number of hydrogen-bond acceptors (Lipinski definition) is 3. The minimum atomic E-state index is -1.64. The molecule has 0 saturated carbocycles. The van der Waals surface area contributed by atoms with E-state index in [-0.39, 0.29) is 0 Å². The average Bonchev–Trinajstić information content (AvgIpc) is 2.53. The molecule has 0 aliphatic carbocycles. The lowest BCUT2D eigenvalue weighted by atomic mass is 10.1. The summed E-state index contributed by atoms with van der Waals surface area (Å²) in [6, 6.07) is 5.33. The van der Waals surface area contributed by atoms with Crippen LogP contribution < -0.4 is 9.47 Å². The Morgan fingerprint density at radius 1 is 1.36 bits per heavy atom. The van der Waals surface area contributed by atoms with Crippen LogP contribution in [0.5, 0.6) is 11.5 Å². The van der Waals surface area contributed by atoms with E-state index in [0.717, 1.165) is 5.56 Å². The molecule has 3 rings (SSSR count). The summed E-state index contributed by atoms with van der Waals surface area (Å²) in [6.45, 7) is 0. The molecule has 14 heavy (non-hydrogen) atoms. The highest BCUT2D eigenvalue weighted by molar-refractivity contribution is 5.85. The molecular formula is C10H6O4. The van der Waals surface area contributed by atoms with E-state index in [9.17, 15) is 4.79 Å². The minimum Gasteiger partial charge on any atom is -0.475 e. The van der Waals surface area contributed by atoms with Crippen LogP contribution in [0.1, 0.15) is 5.56 Å². The molecule has 2 aliphatic heterocycles. The number of hydrogen-bond donors (Lipinski definition) is 1. The Hall–Kier alpha value is -1.97. The molecule has 2 bridgehead atoms. The van der Waals surface area contributed by atoms with Crippen molar-refractivity contribution >= 4 is 12.0 Å². The second kappa shape index (κ2) is 2.09. The van der Waals surface area contributed by atoms with Crippen LogP contribution in [-0.4, -0.2) is 16.9 Å². The van der Waals surface area contributed by atoms with E-state index < -0.39 is 11.8 Å². The van der Waals surface area contributed by atoms with Gasteiger partial charge in [0.25, 0.3) is 0 Å². The van der Waals surface area contributed by atoms with Crippen molar-refractivity contribution in [2.45, 2.75) is 5.79 Å².